The van der Waals surface area contributed by atoms with Gasteiger partial charge in [0.2, 0.25) is 0 Å². The van der Waals surface area contributed by atoms with Crippen LogP contribution in [0.15, 0.2) is 86.6 Å². The fourth-order valence-corrected chi connectivity index (χ4v) is 6.40. The van der Waals surface area contributed by atoms with E-state index in [1.165, 1.54) is 29.6 Å². The Balaban J connectivity index is 1.61. The summed E-state index contributed by atoms with van der Waals surface area (Å²) in [7, 11) is 1.50. The van der Waals surface area contributed by atoms with Crippen molar-refractivity contribution in [3.8, 4) is 11.5 Å². The highest BCUT2D eigenvalue weighted by Crippen LogP contribution is 2.41. The van der Waals surface area contributed by atoms with Crippen LogP contribution in [0, 0.1) is 0 Å². The smallest absolute Gasteiger partial charge is 0.271 e. The average molecular weight is 545 g/mol. The minimum Gasteiger partial charge on any atom is -0.503 e. The monoisotopic (exact) mass is 544 g/mol. The van der Waals surface area contributed by atoms with Gasteiger partial charge in [-0.05, 0) is 69.2 Å². The molecule has 0 amide bonds. The number of aromatic hydroxyl groups is 1. The standard InChI is InChI=1S/C28H21BrN2O3S/c1-34-22-14-16(13-21(29)26(22)32)15-23-27(33)31-25(18-8-3-2-4-9-18)20-12-11-17-7-5-6-10-19(17)24(20)30-28(31)35-23/h2-10,13-15,25,32H,11-12H2,1H3/b23-15-/t25-/m0/s1. The Bertz CT molecular complexity index is 1690. The van der Waals surface area contributed by atoms with Gasteiger partial charge in [-0.2, -0.15) is 0 Å². The van der Waals surface area contributed by atoms with E-state index in [0.717, 1.165) is 35.2 Å². The number of aryl methyl sites for hydroxylation is 1. The third-order valence-corrected chi connectivity index (χ3v) is 8.14. The second kappa shape index (κ2) is 8.66. The lowest BCUT2D eigenvalue weighted by Gasteiger charge is -2.30. The molecule has 1 N–H and O–H groups in total. The summed E-state index contributed by atoms with van der Waals surface area (Å²) in [6.07, 6.45) is 3.62. The van der Waals surface area contributed by atoms with Gasteiger partial charge in [0.1, 0.15) is 0 Å². The molecule has 0 unspecified atom stereocenters. The van der Waals surface area contributed by atoms with E-state index in [9.17, 15) is 9.90 Å². The van der Waals surface area contributed by atoms with Gasteiger partial charge in [-0.3, -0.25) is 9.36 Å². The topological polar surface area (TPSA) is 63.8 Å². The zero-order valence-electron chi connectivity index (χ0n) is 18.9. The van der Waals surface area contributed by atoms with Crippen LogP contribution in [-0.4, -0.2) is 16.8 Å². The van der Waals surface area contributed by atoms with E-state index in [2.05, 4.69) is 46.3 Å². The van der Waals surface area contributed by atoms with Crippen molar-refractivity contribution in [1.29, 1.82) is 0 Å². The van der Waals surface area contributed by atoms with Gasteiger partial charge in [0.25, 0.3) is 5.56 Å². The van der Waals surface area contributed by atoms with Crippen molar-refractivity contribution in [3.63, 3.8) is 0 Å². The Kier molecular flexibility index (Phi) is 5.46. The summed E-state index contributed by atoms with van der Waals surface area (Å²) in [5, 5.41) is 10.2. The summed E-state index contributed by atoms with van der Waals surface area (Å²) in [4.78, 5) is 19.5. The van der Waals surface area contributed by atoms with E-state index >= 15 is 0 Å². The highest BCUT2D eigenvalue weighted by atomic mass is 79.9. The van der Waals surface area contributed by atoms with Crippen molar-refractivity contribution in [2.24, 2.45) is 4.99 Å². The van der Waals surface area contributed by atoms with Crippen molar-refractivity contribution >= 4 is 39.0 Å². The number of hydrogen-bond acceptors (Lipinski definition) is 5. The first-order valence-electron chi connectivity index (χ1n) is 11.3. The maximum Gasteiger partial charge on any atom is 0.271 e. The van der Waals surface area contributed by atoms with Gasteiger partial charge >= 0.3 is 0 Å². The predicted molar refractivity (Wildman–Crippen MR) is 142 cm³/mol. The molecule has 0 bridgehead atoms. The summed E-state index contributed by atoms with van der Waals surface area (Å²) in [5.74, 6) is 0.370. The molecule has 1 aromatic heterocycles. The number of aromatic nitrogens is 1. The van der Waals surface area contributed by atoms with Gasteiger partial charge in [-0.15, -0.1) is 0 Å². The van der Waals surface area contributed by atoms with Gasteiger partial charge < -0.3 is 9.84 Å². The number of hydrogen-bond donors (Lipinski definition) is 1. The average Bonchev–Trinajstić information content (AvgIpc) is 3.19. The Labute approximate surface area is 214 Å². The minimum absolute atomic E-state index is 0.0292. The van der Waals surface area contributed by atoms with Crippen molar-refractivity contribution < 1.29 is 9.84 Å². The maximum atomic E-state index is 13.8. The van der Waals surface area contributed by atoms with Crippen molar-refractivity contribution in [1.82, 2.24) is 4.57 Å². The van der Waals surface area contributed by atoms with Gasteiger partial charge in [0.15, 0.2) is 16.3 Å². The number of phenols is 1. The SMILES string of the molecule is COc1cc(/C=c2\sc3n(c2=O)[C@@H](c2ccccc2)C2=C(N=3)c3ccccc3CC2)cc(Br)c1O. The third kappa shape index (κ3) is 3.66. The lowest BCUT2D eigenvalue weighted by atomic mass is 9.83. The second-order valence-electron chi connectivity index (χ2n) is 8.58. The highest BCUT2D eigenvalue weighted by Gasteiger charge is 2.32. The number of rotatable bonds is 3. The molecule has 35 heavy (non-hydrogen) atoms. The predicted octanol–water partition coefficient (Wildman–Crippen LogP) is 4.80. The lowest BCUT2D eigenvalue weighted by molar-refractivity contribution is 0.372. The molecule has 0 saturated heterocycles. The highest BCUT2D eigenvalue weighted by molar-refractivity contribution is 9.10. The Morgan fingerprint density at radius 3 is 2.69 bits per heavy atom. The number of phenolic OH excluding ortho intramolecular Hbond substituents is 1. The first-order chi connectivity index (χ1) is 17.0. The number of nitrogens with zero attached hydrogens (tertiary/aromatic N) is 2. The molecule has 174 valence electrons. The van der Waals surface area contributed by atoms with Gasteiger partial charge in [0, 0.05) is 5.56 Å². The quantitative estimate of drug-likeness (QED) is 0.403. The third-order valence-electron chi connectivity index (χ3n) is 6.56. The van der Waals surface area contributed by atoms with Crippen LogP contribution in [0.25, 0.3) is 11.8 Å². The fraction of sp³-hybridized carbons (Fsp3) is 0.143. The maximum absolute atomic E-state index is 13.8. The van der Waals surface area contributed by atoms with Crippen LogP contribution in [0.1, 0.15) is 34.7 Å². The number of thiazole rings is 1. The summed E-state index contributed by atoms with van der Waals surface area (Å²) >= 11 is 4.75. The Morgan fingerprint density at radius 1 is 1.11 bits per heavy atom. The van der Waals surface area contributed by atoms with Crippen LogP contribution >= 0.6 is 27.3 Å². The van der Waals surface area contributed by atoms with Crippen LogP contribution < -0.4 is 19.6 Å². The first-order valence-corrected chi connectivity index (χ1v) is 12.9. The summed E-state index contributed by atoms with van der Waals surface area (Å²) < 4.78 is 8.21. The lowest BCUT2D eigenvalue weighted by Crippen LogP contribution is -2.38. The molecule has 2 aliphatic rings. The Hall–Kier alpha value is -3.42. The van der Waals surface area contributed by atoms with Crippen LogP contribution in [0.3, 0.4) is 0 Å². The molecule has 1 atom stereocenters. The number of ether oxygens (including phenoxy) is 1. The van der Waals surface area contributed by atoms with Crippen molar-refractivity contribution in [2.75, 3.05) is 7.11 Å². The molecule has 0 saturated carbocycles. The number of methoxy groups -OCH3 is 1. The van der Waals surface area contributed by atoms with E-state index in [4.69, 9.17) is 9.73 Å². The fourth-order valence-electron chi connectivity index (χ4n) is 4.94. The van der Waals surface area contributed by atoms with Crippen LogP contribution in [0.4, 0.5) is 0 Å². The number of benzene rings is 3. The molecule has 1 aliphatic heterocycles. The van der Waals surface area contributed by atoms with E-state index in [1.807, 2.05) is 34.9 Å². The van der Waals surface area contributed by atoms with Crippen molar-refractivity contribution in [2.45, 2.75) is 18.9 Å². The number of fused-ring (bicyclic) bond motifs is 3. The van der Waals surface area contributed by atoms with Gasteiger partial charge in [0.05, 0.1) is 27.9 Å². The minimum atomic E-state index is -0.195. The molecule has 1 aliphatic carbocycles. The zero-order chi connectivity index (χ0) is 24.1. The Morgan fingerprint density at radius 2 is 1.89 bits per heavy atom. The molecule has 6 rings (SSSR count). The molecule has 0 spiro atoms. The molecule has 7 heteroatoms. The number of allylic oxidation sites excluding steroid dienone is 1. The largest absolute Gasteiger partial charge is 0.503 e. The molecular formula is C28H21BrN2O3S. The van der Waals surface area contributed by atoms with Crippen LogP contribution in [0.5, 0.6) is 11.5 Å². The van der Waals surface area contributed by atoms with Crippen molar-refractivity contribution in [3.05, 3.63) is 119 Å². The first kappa shape index (κ1) is 22.1. The van der Waals surface area contributed by atoms with Gasteiger partial charge in [-0.25, -0.2) is 4.99 Å². The van der Waals surface area contributed by atoms with E-state index in [0.29, 0.717) is 19.6 Å². The van der Waals surface area contributed by atoms with Crippen LogP contribution in [-0.2, 0) is 6.42 Å². The van der Waals surface area contributed by atoms with Crippen LogP contribution in [0.2, 0.25) is 0 Å². The molecule has 4 aromatic rings. The summed E-state index contributed by atoms with van der Waals surface area (Å²) in [6, 6.07) is 21.9. The molecule has 3 aromatic carbocycles. The molecule has 0 fully saturated rings. The summed E-state index contributed by atoms with van der Waals surface area (Å²) in [6.45, 7) is 0. The second-order valence-corrected chi connectivity index (χ2v) is 10.4. The molecule has 0 radical (unpaired) electrons. The zero-order valence-corrected chi connectivity index (χ0v) is 21.3. The van der Waals surface area contributed by atoms with E-state index in [-0.39, 0.29) is 17.4 Å². The van der Waals surface area contributed by atoms with Gasteiger partial charge in [-0.1, -0.05) is 65.9 Å². The molecular weight excluding hydrogens is 524 g/mol. The normalized spacial score (nSPS) is 16.9. The summed E-state index contributed by atoms with van der Waals surface area (Å²) in [5.41, 5.74) is 6.38. The molecule has 2 heterocycles. The molecule has 5 nitrogen and oxygen atoms in total. The van der Waals surface area contributed by atoms with E-state index in [1.54, 1.807) is 12.1 Å². The van der Waals surface area contributed by atoms with E-state index < -0.39 is 0 Å². The number of halogens is 1.